The predicted octanol–water partition coefficient (Wildman–Crippen LogP) is 2.57. The van der Waals surface area contributed by atoms with Crippen molar-refractivity contribution in [2.24, 2.45) is 0 Å². The van der Waals surface area contributed by atoms with Gasteiger partial charge in [-0.25, -0.2) is 4.79 Å². The van der Waals surface area contributed by atoms with E-state index in [1.165, 1.54) is 0 Å². The molecule has 0 bridgehead atoms. The van der Waals surface area contributed by atoms with Crippen molar-refractivity contribution in [3.8, 4) is 11.5 Å². The summed E-state index contributed by atoms with van der Waals surface area (Å²) in [6.45, 7) is 1.37. The number of amides is 2. The Morgan fingerprint density at radius 1 is 1.11 bits per heavy atom. The maximum absolute atomic E-state index is 12.7. The number of carbonyl (C=O) groups excluding carboxylic acids is 1. The highest BCUT2D eigenvalue weighted by atomic mass is 16.6. The molecule has 2 aromatic rings. The van der Waals surface area contributed by atoms with E-state index in [9.17, 15) is 14.7 Å². The fourth-order valence-electron chi connectivity index (χ4n) is 3.70. The Hall–Kier alpha value is -3.22. The lowest BCUT2D eigenvalue weighted by Gasteiger charge is -2.30. The lowest BCUT2D eigenvalue weighted by molar-refractivity contribution is -0.129. The maximum Gasteiger partial charge on any atom is 0.404 e. The molecule has 1 fully saturated rings. The molecule has 2 unspecified atom stereocenters. The van der Waals surface area contributed by atoms with Crippen LogP contribution < -0.4 is 14.8 Å². The third-order valence-corrected chi connectivity index (χ3v) is 4.84. The molecule has 2 aliphatic heterocycles. The van der Waals surface area contributed by atoms with Gasteiger partial charge in [0.2, 0.25) is 5.91 Å². The fourth-order valence-corrected chi connectivity index (χ4v) is 3.70. The van der Waals surface area contributed by atoms with Gasteiger partial charge in [0, 0.05) is 13.0 Å². The third kappa shape index (κ3) is 3.53. The number of hydrogen-bond donors (Lipinski definition) is 2. The van der Waals surface area contributed by atoms with Gasteiger partial charge in [0.1, 0.15) is 13.2 Å². The van der Waals surface area contributed by atoms with E-state index in [-0.39, 0.29) is 12.3 Å². The van der Waals surface area contributed by atoms with E-state index in [2.05, 4.69) is 5.32 Å². The molecule has 7 nitrogen and oxygen atoms in total. The minimum Gasteiger partial charge on any atom is -0.486 e. The highest BCUT2D eigenvalue weighted by molar-refractivity contribution is 5.81. The molecule has 2 aromatic carbocycles. The molecule has 0 aliphatic carbocycles. The topological polar surface area (TPSA) is 88.1 Å². The third-order valence-electron chi connectivity index (χ3n) is 4.84. The summed E-state index contributed by atoms with van der Waals surface area (Å²) in [5, 5.41) is 11.7. The monoisotopic (exact) mass is 368 g/mol. The van der Waals surface area contributed by atoms with Gasteiger partial charge in [0.15, 0.2) is 11.5 Å². The van der Waals surface area contributed by atoms with Crippen molar-refractivity contribution >= 4 is 12.0 Å². The zero-order chi connectivity index (χ0) is 18.8. The highest BCUT2D eigenvalue weighted by Gasteiger charge is 2.41. The molecule has 140 valence electrons. The molecule has 4 rings (SSSR count). The Labute approximate surface area is 156 Å². The number of rotatable bonds is 4. The van der Waals surface area contributed by atoms with Crippen LogP contribution in [0.4, 0.5) is 4.79 Å². The number of carbonyl (C=O) groups is 2. The van der Waals surface area contributed by atoms with E-state index >= 15 is 0 Å². The van der Waals surface area contributed by atoms with Crippen LogP contribution in [0.1, 0.15) is 23.6 Å². The Morgan fingerprint density at radius 3 is 2.59 bits per heavy atom. The molecule has 2 atom stereocenters. The smallest absolute Gasteiger partial charge is 0.404 e. The summed E-state index contributed by atoms with van der Waals surface area (Å²) in [5.74, 6) is 1.19. The summed E-state index contributed by atoms with van der Waals surface area (Å²) in [6.07, 6.45) is -1.02. The van der Waals surface area contributed by atoms with E-state index in [1.54, 1.807) is 4.90 Å². The summed E-state index contributed by atoms with van der Waals surface area (Å²) in [4.78, 5) is 25.7. The van der Waals surface area contributed by atoms with Crippen LogP contribution in [0.3, 0.4) is 0 Å². The molecular formula is C20H20N2O5. The van der Waals surface area contributed by atoms with Gasteiger partial charge in [-0.15, -0.1) is 0 Å². The van der Waals surface area contributed by atoms with Gasteiger partial charge in [0.25, 0.3) is 0 Å². The summed E-state index contributed by atoms with van der Waals surface area (Å²) >= 11 is 0. The van der Waals surface area contributed by atoms with E-state index in [1.807, 2.05) is 48.5 Å². The van der Waals surface area contributed by atoms with Gasteiger partial charge < -0.3 is 24.8 Å². The van der Waals surface area contributed by atoms with Crippen molar-refractivity contribution in [2.75, 3.05) is 13.2 Å². The Bertz CT molecular complexity index is 855. The molecule has 2 amide bonds. The molecular weight excluding hydrogens is 348 g/mol. The Kier molecular flexibility index (Phi) is 4.58. The summed E-state index contributed by atoms with van der Waals surface area (Å²) in [7, 11) is 0. The van der Waals surface area contributed by atoms with Crippen molar-refractivity contribution in [1.82, 2.24) is 10.2 Å². The first-order chi connectivity index (χ1) is 13.1. The SMILES string of the molecule is O=C(O)NC1CC(=O)N(Cc2ccccc2)C1c1ccc2c(c1)OCCO2. The van der Waals surface area contributed by atoms with Crippen molar-refractivity contribution in [2.45, 2.75) is 25.0 Å². The van der Waals surface area contributed by atoms with Gasteiger partial charge >= 0.3 is 6.09 Å². The average molecular weight is 368 g/mol. The number of ether oxygens (including phenoxy) is 2. The summed E-state index contributed by atoms with van der Waals surface area (Å²) in [6, 6.07) is 14.2. The second-order valence-corrected chi connectivity index (χ2v) is 6.62. The number of carboxylic acid groups (broad SMARTS) is 1. The number of benzene rings is 2. The Balaban J connectivity index is 1.68. The molecule has 2 N–H and O–H groups in total. The average Bonchev–Trinajstić information content (AvgIpc) is 2.96. The first-order valence-electron chi connectivity index (χ1n) is 8.84. The fraction of sp³-hybridized carbons (Fsp3) is 0.300. The van der Waals surface area contributed by atoms with Crippen LogP contribution in [-0.4, -0.2) is 41.3 Å². The van der Waals surface area contributed by atoms with Gasteiger partial charge in [-0.2, -0.15) is 0 Å². The normalized spacial score (nSPS) is 21.2. The van der Waals surface area contributed by atoms with Crippen LogP contribution in [0.15, 0.2) is 48.5 Å². The van der Waals surface area contributed by atoms with Crippen molar-refractivity contribution < 1.29 is 24.2 Å². The largest absolute Gasteiger partial charge is 0.486 e. The molecule has 0 saturated carbocycles. The quantitative estimate of drug-likeness (QED) is 0.866. The minimum atomic E-state index is -1.14. The van der Waals surface area contributed by atoms with Crippen molar-refractivity contribution in [3.63, 3.8) is 0 Å². The molecule has 2 heterocycles. The van der Waals surface area contributed by atoms with E-state index in [0.29, 0.717) is 31.3 Å². The van der Waals surface area contributed by atoms with Crippen molar-refractivity contribution in [3.05, 3.63) is 59.7 Å². The highest BCUT2D eigenvalue weighted by Crippen LogP contribution is 2.39. The van der Waals surface area contributed by atoms with Gasteiger partial charge in [-0.05, 0) is 23.3 Å². The maximum atomic E-state index is 12.7. The first-order valence-corrected chi connectivity index (χ1v) is 8.84. The number of fused-ring (bicyclic) bond motifs is 1. The van der Waals surface area contributed by atoms with E-state index in [4.69, 9.17) is 9.47 Å². The first kappa shape index (κ1) is 17.2. The number of hydrogen-bond acceptors (Lipinski definition) is 4. The number of likely N-dealkylation sites (tertiary alicyclic amines) is 1. The molecule has 7 heteroatoms. The van der Waals surface area contributed by atoms with Gasteiger partial charge in [-0.1, -0.05) is 36.4 Å². The van der Waals surface area contributed by atoms with Crippen LogP contribution >= 0.6 is 0 Å². The predicted molar refractivity (Wildman–Crippen MR) is 96.7 cm³/mol. The standard InChI is InChI=1S/C20H20N2O5/c23-18-11-15(21-20(24)25)19(22(18)12-13-4-2-1-3-5-13)14-6-7-16-17(10-14)27-9-8-26-16/h1-7,10,15,19,21H,8-9,11-12H2,(H,24,25). The van der Waals surface area contributed by atoms with Crippen LogP contribution in [0, 0.1) is 0 Å². The zero-order valence-corrected chi connectivity index (χ0v) is 14.6. The van der Waals surface area contributed by atoms with Crippen LogP contribution in [0.25, 0.3) is 0 Å². The minimum absolute atomic E-state index is 0.0857. The molecule has 27 heavy (non-hydrogen) atoms. The summed E-state index contributed by atoms with van der Waals surface area (Å²) in [5.41, 5.74) is 1.81. The van der Waals surface area contributed by atoms with E-state index < -0.39 is 18.2 Å². The molecule has 0 aromatic heterocycles. The van der Waals surface area contributed by atoms with Crippen molar-refractivity contribution in [1.29, 1.82) is 0 Å². The van der Waals surface area contributed by atoms with Crippen LogP contribution in [0.2, 0.25) is 0 Å². The van der Waals surface area contributed by atoms with Crippen LogP contribution in [-0.2, 0) is 11.3 Å². The zero-order valence-electron chi connectivity index (χ0n) is 14.6. The molecule has 0 spiro atoms. The number of nitrogens with zero attached hydrogens (tertiary/aromatic N) is 1. The molecule has 2 aliphatic rings. The second-order valence-electron chi connectivity index (χ2n) is 6.62. The lowest BCUT2D eigenvalue weighted by atomic mass is 9.99. The summed E-state index contributed by atoms with van der Waals surface area (Å²) < 4.78 is 11.2. The number of nitrogens with one attached hydrogen (secondary N) is 1. The molecule has 1 saturated heterocycles. The second kappa shape index (κ2) is 7.19. The van der Waals surface area contributed by atoms with E-state index in [0.717, 1.165) is 11.1 Å². The van der Waals surface area contributed by atoms with Crippen LogP contribution in [0.5, 0.6) is 11.5 Å². The lowest BCUT2D eigenvalue weighted by Crippen LogP contribution is -2.39. The van der Waals surface area contributed by atoms with Gasteiger partial charge in [-0.3, -0.25) is 4.79 Å². The molecule has 0 radical (unpaired) electrons. The van der Waals surface area contributed by atoms with Gasteiger partial charge in [0.05, 0.1) is 12.1 Å². The Morgan fingerprint density at radius 2 is 1.85 bits per heavy atom.